The van der Waals surface area contributed by atoms with E-state index in [1.807, 2.05) is 12.1 Å². The van der Waals surface area contributed by atoms with Crippen molar-refractivity contribution in [3.8, 4) is 0 Å². The van der Waals surface area contributed by atoms with Gasteiger partial charge in [0.2, 0.25) is 10.0 Å². The van der Waals surface area contributed by atoms with Crippen LogP contribution in [0.5, 0.6) is 0 Å². The van der Waals surface area contributed by atoms with Crippen molar-refractivity contribution in [3.05, 3.63) is 29.8 Å². The highest BCUT2D eigenvalue weighted by Gasteiger charge is 2.36. The van der Waals surface area contributed by atoms with Crippen molar-refractivity contribution in [3.63, 3.8) is 0 Å². The lowest BCUT2D eigenvalue weighted by molar-refractivity contribution is 0.0401. The number of benzene rings is 1. The van der Waals surface area contributed by atoms with Gasteiger partial charge in [0, 0.05) is 26.2 Å². The number of rotatable bonds is 6. The number of ether oxygens (including phenoxy) is 1. The predicted molar refractivity (Wildman–Crippen MR) is 91.9 cm³/mol. The highest BCUT2D eigenvalue weighted by atomic mass is 32.2. The van der Waals surface area contributed by atoms with Crippen LogP contribution in [0.4, 0.5) is 0 Å². The van der Waals surface area contributed by atoms with E-state index >= 15 is 0 Å². The van der Waals surface area contributed by atoms with Crippen molar-refractivity contribution in [2.75, 3.05) is 20.2 Å². The zero-order chi connectivity index (χ0) is 17.0. The Morgan fingerprint density at radius 3 is 2.52 bits per heavy atom. The smallest absolute Gasteiger partial charge is 0.243 e. The van der Waals surface area contributed by atoms with E-state index < -0.39 is 10.0 Å². The van der Waals surface area contributed by atoms with Gasteiger partial charge in [-0.2, -0.15) is 4.31 Å². The Morgan fingerprint density at radius 2 is 2.00 bits per heavy atom. The van der Waals surface area contributed by atoms with Crippen LogP contribution in [0, 0.1) is 0 Å². The van der Waals surface area contributed by atoms with Crippen molar-refractivity contribution >= 4 is 10.0 Å². The van der Waals surface area contributed by atoms with Gasteiger partial charge < -0.3 is 10.5 Å². The van der Waals surface area contributed by atoms with Gasteiger partial charge in [-0.15, -0.1) is 0 Å². The third kappa shape index (κ3) is 3.94. The second-order valence-electron chi connectivity index (χ2n) is 6.27. The van der Waals surface area contributed by atoms with Crippen molar-refractivity contribution in [2.45, 2.75) is 56.1 Å². The van der Waals surface area contributed by atoms with Crippen LogP contribution in [-0.4, -0.2) is 45.1 Å². The third-order valence-electron chi connectivity index (χ3n) is 4.89. The van der Waals surface area contributed by atoms with Gasteiger partial charge in [0.1, 0.15) is 0 Å². The van der Waals surface area contributed by atoms with Crippen molar-refractivity contribution in [2.24, 2.45) is 5.73 Å². The summed E-state index contributed by atoms with van der Waals surface area (Å²) >= 11 is 0. The van der Waals surface area contributed by atoms with Gasteiger partial charge in [-0.25, -0.2) is 8.42 Å². The summed E-state index contributed by atoms with van der Waals surface area (Å²) in [6.07, 6.45) is 2.48. The number of sulfonamides is 1. The molecule has 2 rings (SSSR count). The molecule has 1 saturated heterocycles. The average Bonchev–Trinajstić information content (AvgIpc) is 2.60. The van der Waals surface area contributed by atoms with Crippen LogP contribution in [0.2, 0.25) is 0 Å². The van der Waals surface area contributed by atoms with E-state index in [1.54, 1.807) is 23.5 Å². The molecule has 0 radical (unpaired) electrons. The van der Waals surface area contributed by atoms with Crippen LogP contribution in [0.15, 0.2) is 29.2 Å². The summed E-state index contributed by atoms with van der Waals surface area (Å²) in [4.78, 5) is 0.346. The first kappa shape index (κ1) is 18.4. The van der Waals surface area contributed by atoms with Crippen LogP contribution in [-0.2, 0) is 14.8 Å². The SMILES string of the molecule is CCC(C)c1ccc(S(=O)(=O)N2CCC(OC)CC2CN)cc1. The van der Waals surface area contributed by atoms with E-state index in [4.69, 9.17) is 10.5 Å². The molecule has 0 aromatic heterocycles. The summed E-state index contributed by atoms with van der Waals surface area (Å²) in [5, 5.41) is 0. The van der Waals surface area contributed by atoms with Gasteiger partial charge in [-0.1, -0.05) is 26.0 Å². The molecule has 6 heteroatoms. The summed E-state index contributed by atoms with van der Waals surface area (Å²) in [6.45, 7) is 5.03. The second kappa shape index (κ2) is 7.75. The van der Waals surface area contributed by atoms with Crippen molar-refractivity contribution in [1.82, 2.24) is 4.31 Å². The maximum Gasteiger partial charge on any atom is 0.243 e. The Bertz CT molecular complexity index is 601. The molecule has 1 fully saturated rings. The van der Waals surface area contributed by atoms with Crippen molar-refractivity contribution < 1.29 is 13.2 Å². The zero-order valence-corrected chi connectivity index (χ0v) is 15.1. The molecular formula is C17H28N2O3S. The quantitative estimate of drug-likeness (QED) is 0.862. The van der Waals surface area contributed by atoms with E-state index in [-0.39, 0.29) is 12.1 Å². The molecule has 1 aromatic carbocycles. The van der Waals surface area contributed by atoms with Gasteiger partial charge in [-0.3, -0.25) is 0 Å². The molecule has 1 aliphatic heterocycles. The number of nitrogens with two attached hydrogens (primary N) is 1. The number of hydrogen-bond acceptors (Lipinski definition) is 4. The monoisotopic (exact) mass is 340 g/mol. The maximum atomic E-state index is 12.9. The fraction of sp³-hybridized carbons (Fsp3) is 0.647. The molecule has 5 nitrogen and oxygen atoms in total. The Labute approximate surface area is 139 Å². The predicted octanol–water partition coefficient (Wildman–Crippen LogP) is 2.33. The molecule has 0 spiro atoms. The van der Waals surface area contributed by atoms with E-state index in [0.29, 0.717) is 36.7 Å². The van der Waals surface area contributed by atoms with Gasteiger partial charge in [-0.05, 0) is 42.9 Å². The Balaban J connectivity index is 2.23. The fourth-order valence-corrected chi connectivity index (χ4v) is 4.74. The van der Waals surface area contributed by atoms with Crippen LogP contribution in [0.3, 0.4) is 0 Å². The minimum absolute atomic E-state index is 0.0859. The summed E-state index contributed by atoms with van der Waals surface area (Å²) in [7, 11) is -1.84. The van der Waals surface area contributed by atoms with Crippen molar-refractivity contribution in [1.29, 1.82) is 0 Å². The van der Waals surface area contributed by atoms with E-state index in [9.17, 15) is 8.42 Å². The minimum atomic E-state index is -3.51. The van der Waals surface area contributed by atoms with Crippen LogP contribution in [0.25, 0.3) is 0 Å². The van der Waals surface area contributed by atoms with Gasteiger partial charge >= 0.3 is 0 Å². The average molecular weight is 340 g/mol. The van der Waals surface area contributed by atoms with Crippen LogP contribution >= 0.6 is 0 Å². The molecule has 0 amide bonds. The zero-order valence-electron chi connectivity index (χ0n) is 14.2. The molecule has 3 atom stereocenters. The Morgan fingerprint density at radius 1 is 1.35 bits per heavy atom. The van der Waals surface area contributed by atoms with Crippen LogP contribution in [0.1, 0.15) is 44.6 Å². The molecule has 1 aromatic rings. The molecule has 1 aliphatic rings. The third-order valence-corrected chi connectivity index (χ3v) is 6.85. The first-order chi connectivity index (χ1) is 10.9. The van der Waals surface area contributed by atoms with E-state index in [1.165, 1.54) is 5.56 Å². The normalized spacial score (nSPS) is 24.5. The van der Waals surface area contributed by atoms with Crippen LogP contribution < -0.4 is 5.73 Å². The molecule has 2 N–H and O–H groups in total. The van der Waals surface area contributed by atoms with E-state index in [0.717, 1.165) is 6.42 Å². The summed E-state index contributed by atoms with van der Waals surface area (Å²) in [6, 6.07) is 7.06. The highest BCUT2D eigenvalue weighted by Crippen LogP contribution is 2.27. The lowest BCUT2D eigenvalue weighted by atomic mass is 9.99. The minimum Gasteiger partial charge on any atom is -0.381 e. The first-order valence-electron chi connectivity index (χ1n) is 8.28. The number of nitrogens with zero attached hydrogens (tertiary/aromatic N) is 1. The molecule has 3 unspecified atom stereocenters. The summed E-state index contributed by atoms with van der Waals surface area (Å²) < 4.78 is 32.8. The molecule has 1 heterocycles. The molecule has 23 heavy (non-hydrogen) atoms. The van der Waals surface area contributed by atoms with E-state index in [2.05, 4.69) is 13.8 Å². The van der Waals surface area contributed by atoms with Gasteiger partial charge in [0.15, 0.2) is 0 Å². The van der Waals surface area contributed by atoms with Gasteiger partial charge in [0.25, 0.3) is 0 Å². The number of hydrogen-bond donors (Lipinski definition) is 1. The first-order valence-corrected chi connectivity index (χ1v) is 9.72. The summed E-state index contributed by atoms with van der Waals surface area (Å²) in [5.74, 6) is 0.431. The number of methoxy groups -OCH3 is 1. The molecule has 0 bridgehead atoms. The maximum absolute atomic E-state index is 12.9. The Kier molecular flexibility index (Phi) is 6.19. The largest absolute Gasteiger partial charge is 0.381 e. The fourth-order valence-electron chi connectivity index (χ4n) is 3.08. The molecule has 130 valence electrons. The topological polar surface area (TPSA) is 72.6 Å². The standard InChI is InChI=1S/C17H28N2O3S/c1-4-13(2)14-5-7-17(8-6-14)23(20,21)19-10-9-16(22-3)11-15(19)12-18/h5-8,13,15-16H,4,9-12,18H2,1-3H3. The van der Waals surface area contributed by atoms with Gasteiger partial charge in [0.05, 0.1) is 11.0 Å². The molecule has 0 saturated carbocycles. The lowest BCUT2D eigenvalue weighted by Crippen LogP contribution is -2.51. The second-order valence-corrected chi connectivity index (χ2v) is 8.16. The molecular weight excluding hydrogens is 312 g/mol. The lowest BCUT2D eigenvalue weighted by Gasteiger charge is -2.37. The Hall–Kier alpha value is -0.950. The summed E-state index contributed by atoms with van der Waals surface area (Å²) in [5.41, 5.74) is 6.97. The number of piperidine rings is 1. The molecule has 0 aliphatic carbocycles. The highest BCUT2D eigenvalue weighted by molar-refractivity contribution is 7.89.